The summed E-state index contributed by atoms with van der Waals surface area (Å²) >= 11 is 0. The fraction of sp³-hybridized carbons (Fsp3) is 0.955. The van der Waals surface area contributed by atoms with E-state index in [9.17, 15) is 43.2 Å². The van der Waals surface area contributed by atoms with Crippen LogP contribution in [-0.4, -0.2) is 96.7 Å². The van der Waals surface area contributed by atoms with Gasteiger partial charge in [0.05, 0.1) is 26.4 Å². The molecule has 107 heavy (non-hydrogen) atoms. The van der Waals surface area contributed by atoms with E-state index in [1.54, 1.807) is 0 Å². The summed E-state index contributed by atoms with van der Waals surface area (Å²) in [5.41, 5.74) is 0. The highest BCUT2D eigenvalue weighted by Gasteiger charge is 2.31. The molecule has 0 amide bonds. The van der Waals surface area contributed by atoms with Crippen LogP contribution in [0.3, 0.4) is 0 Å². The minimum Gasteiger partial charge on any atom is -0.462 e. The van der Waals surface area contributed by atoms with Gasteiger partial charge >= 0.3 is 39.5 Å². The maximum absolute atomic E-state index is 13.2. The molecule has 0 radical (unpaired) electrons. The van der Waals surface area contributed by atoms with Crippen molar-refractivity contribution in [3.05, 3.63) is 0 Å². The molecule has 0 aliphatic carbocycles. The van der Waals surface area contributed by atoms with Crippen molar-refractivity contribution in [3.8, 4) is 0 Å². The predicted molar refractivity (Wildman–Crippen MR) is 441 cm³/mol. The number of unbranched alkanes of at least 4 members (excludes halogenated alkanes) is 54. The van der Waals surface area contributed by atoms with Crippen LogP contribution in [0.2, 0.25) is 0 Å². The highest BCUT2D eigenvalue weighted by molar-refractivity contribution is 7.47. The molecule has 0 aromatic carbocycles. The van der Waals surface area contributed by atoms with Gasteiger partial charge in [-0.25, -0.2) is 9.13 Å². The van der Waals surface area contributed by atoms with Crippen LogP contribution in [0, 0.1) is 17.8 Å². The number of hydrogen-bond donors (Lipinski definition) is 3. The summed E-state index contributed by atoms with van der Waals surface area (Å²) in [6.07, 6.45) is 69.7. The Kier molecular flexibility index (Phi) is 76.6. The molecule has 0 fully saturated rings. The van der Waals surface area contributed by atoms with E-state index >= 15 is 0 Å². The highest BCUT2D eigenvalue weighted by Crippen LogP contribution is 2.45. The molecule has 0 rings (SSSR count). The van der Waals surface area contributed by atoms with Crippen LogP contribution in [0.15, 0.2) is 0 Å². The molecule has 636 valence electrons. The van der Waals surface area contributed by atoms with Crippen LogP contribution in [-0.2, 0) is 65.4 Å². The number of phosphoric ester groups is 2. The number of aliphatic hydroxyl groups is 1. The molecular formula is C88H172O17P2. The maximum Gasteiger partial charge on any atom is 0.472 e. The first-order chi connectivity index (χ1) is 51.7. The number of esters is 4. The van der Waals surface area contributed by atoms with Crippen molar-refractivity contribution in [2.24, 2.45) is 17.8 Å². The molecule has 19 heteroatoms. The second-order valence-electron chi connectivity index (χ2n) is 33.1. The average molecular weight is 1560 g/mol. The summed E-state index contributed by atoms with van der Waals surface area (Å²) in [5.74, 6) is 0.189. The Bertz CT molecular complexity index is 2060. The van der Waals surface area contributed by atoms with Crippen LogP contribution >= 0.6 is 15.6 Å². The molecule has 0 aromatic heterocycles. The van der Waals surface area contributed by atoms with Crippen molar-refractivity contribution >= 4 is 39.5 Å². The summed E-state index contributed by atoms with van der Waals surface area (Å²) in [7, 11) is -9.93. The molecule has 0 bridgehead atoms. The van der Waals surface area contributed by atoms with E-state index in [1.807, 2.05) is 0 Å². The monoisotopic (exact) mass is 1560 g/mol. The highest BCUT2D eigenvalue weighted by atomic mass is 31.2. The van der Waals surface area contributed by atoms with E-state index in [-0.39, 0.29) is 25.7 Å². The fourth-order valence-electron chi connectivity index (χ4n) is 13.7. The van der Waals surface area contributed by atoms with Gasteiger partial charge in [-0.15, -0.1) is 0 Å². The topological polar surface area (TPSA) is 237 Å². The van der Waals surface area contributed by atoms with E-state index in [0.29, 0.717) is 31.6 Å². The number of carbonyl (C=O) groups is 4. The summed E-state index contributed by atoms with van der Waals surface area (Å²) in [5, 5.41) is 10.7. The van der Waals surface area contributed by atoms with Gasteiger partial charge in [-0.2, -0.15) is 0 Å². The van der Waals surface area contributed by atoms with Gasteiger partial charge in [0, 0.05) is 25.7 Å². The number of phosphoric acid groups is 2. The molecule has 3 N–H and O–H groups in total. The first-order valence-corrected chi connectivity index (χ1v) is 48.3. The van der Waals surface area contributed by atoms with Crippen molar-refractivity contribution < 1.29 is 80.2 Å². The van der Waals surface area contributed by atoms with Gasteiger partial charge in [0.15, 0.2) is 12.2 Å². The molecule has 17 nitrogen and oxygen atoms in total. The van der Waals surface area contributed by atoms with Gasteiger partial charge in [-0.1, -0.05) is 414 Å². The lowest BCUT2D eigenvalue weighted by molar-refractivity contribution is -0.161. The maximum atomic E-state index is 13.2. The number of ether oxygens (including phenoxy) is 4. The molecule has 0 saturated carbocycles. The lowest BCUT2D eigenvalue weighted by Gasteiger charge is -2.21. The predicted octanol–water partition coefficient (Wildman–Crippen LogP) is 26.9. The normalized spacial score (nSPS) is 13.8. The third-order valence-electron chi connectivity index (χ3n) is 20.6. The lowest BCUT2D eigenvalue weighted by atomic mass is 10.0. The molecule has 0 spiro atoms. The fourth-order valence-corrected chi connectivity index (χ4v) is 15.3. The zero-order valence-electron chi connectivity index (χ0n) is 70.6. The Balaban J connectivity index is 5.20. The first kappa shape index (κ1) is 105. The van der Waals surface area contributed by atoms with E-state index in [4.69, 9.17) is 37.0 Å². The second kappa shape index (κ2) is 78.0. The lowest BCUT2D eigenvalue weighted by Crippen LogP contribution is -2.30. The van der Waals surface area contributed by atoms with Gasteiger partial charge in [-0.3, -0.25) is 37.3 Å². The Labute approximate surface area is 658 Å². The number of aliphatic hydroxyl groups excluding tert-OH is 1. The van der Waals surface area contributed by atoms with E-state index < -0.39 is 97.5 Å². The smallest absolute Gasteiger partial charge is 0.462 e. The minimum absolute atomic E-state index is 0.107. The summed E-state index contributed by atoms with van der Waals surface area (Å²) in [4.78, 5) is 73.2. The van der Waals surface area contributed by atoms with Crippen molar-refractivity contribution in [1.82, 2.24) is 0 Å². The zero-order chi connectivity index (χ0) is 78.6. The van der Waals surface area contributed by atoms with Crippen LogP contribution < -0.4 is 0 Å². The third kappa shape index (κ3) is 81.9. The Morgan fingerprint density at radius 2 is 0.430 bits per heavy atom. The largest absolute Gasteiger partial charge is 0.472 e. The molecule has 0 heterocycles. The number of carbonyl (C=O) groups excluding carboxylic acids is 4. The van der Waals surface area contributed by atoms with Gasteiger partial charge in [-0.05, 0) is 43.4 Å². The van der Waals surface area contributed by atoms with Gasteiger partial charge in [0.1, 0.15) is 19.3 Å². The van der Waals surface area contributed by atoms with Crippen molar-refractivity contribution in [1.29, 1.82) is 0 Å². The standard InChI is InChI=1S/C88H172O17P2/c1-8-9-10-11-12-13-14-15-16-17-18-19-23-26-32-37-42-47-55-62-69-85(90)98-75-83(104-87(92)71-64-57-48-43-38-33-27-24-21-20-22-25-30-35-40-45-52-59-66-79(2)3)77-102-106(94,95)100-73-82(89)74-101-107(96,97)103-78-84(76-99-86(91)70-63-56-51-50-54-61-68-81(6)7)105-88(93)72-65-58-49-44-39-34-29-28-31-36-41-46-53-60-67-80(4)5/h79-84,89H,8-78H2,1-7H3,(H,94,95)(H,96,97)/t82-,83-,84-/m1/s1. The van der Waals surface area contributed by atoms with Crippen molar-refractivity contribution in [2.45, 2.75) is 484 Å². The van der Waals surface area contributed by atoms with E-state index in [2.05, 4.69) is 48.5 Å². The van der Waals surface area contributed by atoms with Crippen LogP contribution in [0.25, 0.3) is 0 Å². The van der Waals surface area contributed by atoms with Crippen molar-refractivity contribution in [3.63, 3.8) is 0 Å². The molecule has 5 atom stereocenters. The summed E-state index contributed by atoms with van der Waals surface area (Å²) in [6, 6.07) is 0. The number of hydrogen-bond acceptors (Lipinski definition) is 15. The first-order valence-electron chi connectivity index (χ1n) is 45.3. The number of rotatable bonds is 86. The Morgan fingerprint density at radius 1 is 0.252 bits per heavy atom. The molecule has 0 aromatic rings. The quantitative estimate of drug-likeness (QED) is 0.0222. The van der Waals surface area contributed by atoms with Gasteiger partial charge in [0.25, 0.3) is 0 Å². The second-order valence-corrected chi connectivity index (χ2v) is 36.0. The van der Waals surface area contributed by atoms with Gasteiger partial charge in [0.2, 0.25) is 0 Å². The average Bonchev–Trinajstić information content (AvgIpc) is 0.975. The van der Waals surface area contributed by atoms with Crippen LogP contribution in [0.4, 0.5) is 0 Å². The van der Waals surface area contributed by atoms with Crippen molar-refractivity contribution in [2.75, 3.05) is 39.6 Å². The van der Waals surface area contributed by atoms with E-state index in [1.165, 1.54) is 270 Å². The minimum atomic E-state index is -4.97. The SMILES string of the molecule is CCCCCCCCCCCCCCCCCCCCCCC(=O)OC[C@H](COP(=O)(O)OC[C@@H](O)COP(=O)(O)OC[C@@H](COC(=O)CCCCCCCCC(C)C)OC(=O)CCCCCCCCCCCCCCCCC(C)C)OC(=O)CCCCCCCCCCCCCCCCCCCCC(C)C. The van der Waals surface area contributed by atoms with Crippen LogP contribution in [0.1, 0.15) is 466 Å². The summed E-state index contributed by atoms with van der Waals surface area (Å²) in [6.45, 7) is 12.0. The van der Waals surface area contributed by atoms with Crippen LogP contribution in [0.5, 0.6) is 0 Å². The molecule has 0 aliphatic rings. The summed E-state index contributed by atoms with van der Waals surface area (Å²) < 4.78 is 68.9. The molecule has 2 unspecified atom stereocenters. The Morgan fingerprint density at radius 3 is 0.636 bits per heavy atom. The molecule has 0 saturated heterocycles. The molecular weight excluding hydrogens is 1390 g/mol. The van der Waals surface area contributed by atoms with E-state index in [0.717, 1.165) is 108 Å². The zero-order valence-corrected chi connectivity index (χ0v) is 72.4. The Hall–Kier alpha value is -1.94. The van der Waals surface area contributed by atoms with Gasteiger partial charge < -0.3 is 33.8 Å². The molecule has 0 aliphatic heterocycles. The third-order valence-corrected chi connectivity index (χ3v) is 22.5.